The summed E-state index contributed by atoms with van der Waals surface area (Å²) < 4.78 is 0. The minimum absolute atomic E-state index is 0.824. The van der Waals surface area contributed by atoms with Gasteiger partial charge in [-0.3, -0.25) is 4.90 Å². The maximum atomic E-state index is 3.33. The van der Waals surface area contributed by atoms with Gasteiger partial charge in [0.15, 0.2) is 0 Å². The predicted octanol–water partition coefficient (Wildman–Crippen LogP) is 1.81. The van der Waals surface area contributed by atoms with E-state index in [4.69, 9.17) is 0 Å². The first-order chi connectivity index (χ1) is 7.20. The Balaban J connectivity index is 1.87. The normalized spacial score (nSPS) is 42.6. The van der Waals surface area contributed by atoms with E-state index in [-0.39, 0.29) is 0 Å². The van der Waals surface area contributed by atoms with E-state index in [1.165, 1.54) is 32.5 Å². The first-order valence-electron chi connectivity index (χ1n) is 6.24. The zero-order valence-electron chi connectivity index (χ0n) is 10.2. The summed E-state index contributed by atoms with van der Waals surface area (Å²) >= 11 is 2.15. The van der Waals surface area contributed by atoms with Crippen LogP contribution in [0.5, 0.6) is 0 Å². The Labute approximate surface area is 98.2 Å². The summed E-state index contributed by atoms with van der Waals surface area (Å²) in [6.07, 6.45) is 2.86. The van der Waals surface area contributed by atoms with Gasteiger partial charge in [0.05, 0.1) is 0 Å². The molecular formula is C12H24N2S. The van der Waals surface area contributed by atoms with Crippen molar-refractivity contribution < 1.29 is 0 Å². The second-order valence-electron chi connectivity index (χ2n) is 5.17. The van der Waals surface area contributed by atoms with Gasteiger partial charge < -0.3 is 5.32 Å². The molecule has 0 aromatic carbocycles. The van der Waals surface area contributed by atoms with Gasteiger partial charge in [0.2, 0.25) is 0 Å². The molecule has 2 rings (SSSR count). The van der Waals surface area contributed by atoms with Gasteiger partial charge in [-0.2, -0.15) is 11.8 Å². The summed E-state index contributed by atoms with van der Waals surface area (Å²) in [6, 6.07) is 0.878. The summed E-state index contributed by atoms with van der Waals surface area (Å²) in [5, 5.41) is 4.98. The average Bonchev–Trinajstić information content (AvgIpc) is 2.10. The van der Waals surface area contributed by atoms with Crippen LogP contribution in [0.4, 0.5) is 0 Å². The molecule has 1 saturated carbocycles. The van der Waals surface area contributed by atoms with Gasteiger partial charge in [-0.1, -0.05) is 13.8 Å². The molecule has 2 fully saturated rings. The van der Waals surface area contributed by atoms with Crippen LogP contribution in [0.3, 0.4) is 0 Å². The van der Waals surface area contributed by atoms with E-state index in [0.29, 0.717) is 0 Å². The average molecular weight is 228 g/mol. The largest absolute Gasteiger partial charge is 0.319 e. The second kappa shape index (κ2) is 5.07. The monoisotopic (exact) mass is 228 g/mol. The van der Waals surface area contributed by atoms with Crippen molar-refractivity contribution in [1.29, 1.82) is 0 Å². The standard InChI is InChI=1S/C12H24N2S/c1-9-7-14(8-10(2)15-9)12-5-4-11(12)6-13-3/h9-13H,4-8H2,1-3H3. The van der Waals surface area contributed by atoms with Gasteiger partial charge in [0.25, 0.3) is 0 Å². The molecule has 0 radical (unpaired) electrons. The van der Waals surface area contributed by atoms with Crippen LogP contribution in [0.2, 0.25) is 0 Å². The number of rotatable bonds is 3. The van der Waals surface area contributed by atoms with E-state index in [1.54, 1.807) is 0 Å². The van der Waals surface area contributed by atoms with Crippen LogP contribution in [-0.2, 0) is 0 Å². The summed E-state index contributed by atoms with van der Waals surface area (Å²) in [5.41, 5.74) is 0. The molecule has 2 nitrogen and oxygen atoms in total. The van der Waals surface area contributed by atoms with Crippen LogP contribution in [0, 0.1) is 5.92 Å². The first kappa shape index (κ1) is 11.7. The van der Waals surface area contributed by atoms with Crippen LogP contribution in [0.15, 0.2) is 0 Å². The van der Waals surface area contributed by atoms with Crippen LogP contribution in [0.1, 0.15) is 26.7 Å². The lowest BCUT2D eigenvalue weighted by Gasteiger charge is -2.48. The highest BCUT2D eigenvalue weighted by atomic mass is 32.2. The Morgan fingerprint density at radius 3 is 2.33 bits per heavy atom. The maximum absolute atomic E-state index is 3.33. The van der Waals surface area contributed by atoms with Crippen LogP contribution >= 0.6 is 11.8 Å². The highest BCUT2D eigenvalue weighted by Gasteiger charge is 2.37. The quantitative estimate of drug-likeness (QED) is 0.793. The van der Waals surface area contributed by atoms with Crippen LogP contribution in [-0.4, -0.2) is 48.1 Å². The van der Waals surface area contributed by atoms with Crippen molar-refractivity contribution in [3.63, 3.8) is 0 Å². The van der Waals surface area contributed by atoms with Crippen molar-refractivity contribution in [2.45, 2.75) is 43.2 Å². The van der Waals surface area contributed by atoms with Gasteiger partial charge in [-0.25, -0.2) is 0 Å². The molecule has 4 atom stereocenters. The Kier molecular flexibility index (Phi) is 3.97. The molecular weight excluding hydrogens is 204 g/mol. The second-order valence-corrected chi connectivity index (χ2v) is 7.06. The molecule has 2 aliphatic rings. The molecule has 4 unspecified atom stereocenters. The molecule has 3 heteroatoms. The lowest BCUT2D eigenvalue weighted by molar-refractivity contribution is 0.0616. The fourth-order valence-electron chi connectivity index (χ4n) is 3.02. The Morgan fingerprint density at radius 2 is 1.87 bits per heavy atom. The van der Waals surface area contributed by atoms with Crippen molar-refractivity contribution in [3.05, 3.63) is 0 Å². The molecule has 0 aromatic heterocycles. The fourth-order valence-corrected chi connectivity index (χ4v) is 4.37. The highest BCUT2D eigenvalue weighted by Crippen LogP contribution is 2.35. The molecule has 15 heavy (non-hydrogen) atoms. The summed E-state index contributed by atoms with van der Waals surface area (Å²) in [4.78, 5) is 2.75. The summed E-state index contributed by atoms with van der Waals surface area (Å²) in [5.74, 6) is 0.914. The molecule has 0 spiro atoms. The molecule has 0 aromatic rings. The number of hydrogen-bond acceptors (Lipinski definition) is 3. The Morgan fingerprint density at radius 1 is 1.20 bits per heavy atom. The predicted molar refractivity (Wildman–Crippen MR) is 68.5 cm³/mol. The summed E-state index contributed by atoms with van der Waals surface area (Å²) in [6.45, 7) is 8.56. The zero-order valence-corrected chi connectivity index (χ0v) is 11.0. The lowest BCUT2D eigenvalue weighted by atomic mass is 9.78. The molecule has 0 amide bonds. The van der Waals surface area contributed by atoms with Crippen molar-refractivity contribution >= 4 is 11.8 Å². The number of thioether (sulfide) groups is 1. The lowest BCUT2D eigenvalue weighted by Crippen LogP contribution is -2.55. The number of hydrogen-bond donors (Lipinski definition) is 1. The van der Waals surface area contributed by atoms with E-state index >= 15 is 0 Å². The van der Waals surface area contributed by atoms with Crippen molar-refractivity contribution in [2.75, 3.05) is 26.7 Å². The minimum Gasteiger partial charge on any atom is -0.319 e. The third-order valence-electron chi connectivity index (χ3n) is 3.76. The van der Waals surface area contributed by atoms with E-state index in [0.717, 1.165) is 22.5 Å². The first-order valence-corrected chi connectivity index (χ1v) is 7.19. The molecule has 1 saturated heterocycles. The van der Waals surface area contributed by atoms with Crippen molar-refractivity contribution in [1.82, 2.24) is 10.2 Å². The number of nitrogens with zero attached hydrogens (tertiary/aromatic N) is 1. The third-order valence-corrected chi connectivity index (χ3v) is 4.99. The van der Waals surface area contributed by atoms with E-state index in [2.05, 4.69) is 42.9 Å². The van der Waals surface area contributed by atoms with E-state index in [9.17, 15) is 0 Å². The SMILES string of the molecule is CNCC1CCC1N1CC(C)SC(C)C1. The molecule has 88 valence electrons. The van der Waals surface area contributed by atoms with Crippen molar-refractivity contribution in [2.24, 2.45) is 5.92 Å². The minimum atomic E-state index is 0.824. The van der Waals surface area contributed by atoms with E-state index in [1.807, 2.05) is 0 Å². The van der Waals surface area contributed by atoms with Gasteiger partial charge in [-0.05, 0) is 32.4 Å². The molecule has 1 aliphatic carbocycles. The van der Waals surface area contributed by atoms with Crippen LogP contribution in [0.25, 0.3) is 0 Å². The molecule has 1 N–H and O–H groups in total. The van der Waals surface area contributed by atoms with Gasteiger partial charge in [-0.15, -0.1) is 0 Å². The zero-order chi connectivity index (χ0) is 10.8. The smallest absolute Gasteiger partial charge is 0.0149 e. The fraction of sp³-hybridized carbons (Fsp3) is 1.00. The van der Waals surface area contributed by atoms with E-state index < -0.39 is 0 Å². The topological polar surface area (TPSA) is 15.3 Å². The van der Waals surface area contributed by atoms with Gasteiger partial charge in [0, 0.05) is 29.6 Å². The van der Waals surface area contributed by atoms with Crippen LogP contribution < -0.4 is 5.32 Å². The molecule has 1 heterocycles. The maximum Gasteiger partial charge on any atom is 0.0149 e. The molecule has 1 aliphatic heterocycles. The Hall–Kier alpha value is 0.270. The molecule has 0 bridgehead atoms. The summed E-state index contributed by atoms with van der Waals surface area (Å²) in [7, 11) is 2.08. The van der Waals surface area contributed by atoms with Gasteiger partial charge in [0.1, 0.15) is 0 Å². The third kappa shape index (κ3) is 2.69. The Bertz CT molecular complexity index is 200. The van der Waals surface area contributed by atoms with Gasteiger partial charge >= 0.3 is 0 Å². The highest BCUT2D eigenvalue weighted by molar-refractivity contribution is 8.00. The number of nitrogens with one attached hydrogen (secondary N) is 1. The van der Waals surface area contributed by atoms with Crippen molar-refractivity contribution in [3.8, 4) is 0 Å².